The van der Waals surface area contributed by atoms with Crippen LogP contribution in [0.2, 0.25) is 10.0 Å². The molecule has 0 aliphatic heterocycles. The lowest BCUT2D eigenvalue weighted by Gasteiger charge is -2.14. The molecule has 2 aromatic carbocycles. The number of nitrogens with zero attached hydrogens (tertiary/aromatic N) is 2. The minimum Gasteiger partial charge on any atom is -0.321 e. The highest BCUT2D eigenvalue weighted by Gasteiger charge is 2.41. The minimum absolute atomic E-state index is 0.0401. The van der Waals surface area contributed by atoms with Crippen LogP contribution in [0.25, 0.3) is 5.69 Å². The van der Waals surface area contributed by atoms with Crippen molar-refractivity contribution in [1.29, 1.82) is 0 Å². The van der Waals surface area contributed by atoms with E-state index < -0.39 is 29.3 Å². The zero-order chi connectivity index (χ0) is 19.8. The summed E-state index contributed by atoms with van der Waals surface area (Å²) in [6, 6.07) is 8.47. The Morgan fingerprint density at radius 2 is 1.74 bits per heavy atom. The standard InChI is InChI=1S/C17H9Cl2F4N3O/c18-9-1-6-13(12(19)7-9)26-8-24-14(15(26)17(21,22)23)16(27)25-11-4-2-10(20)3-5-11/h1-8H,(H,25,27). The number of carbonyl (C=O) groups is 1. The predicted molar refractivity (Wildman–Crippen MR) is 92.9 cm³/mol. The van der Waals surface area contributed by atoms with E-state index in [1.807, 2.05) is 0 Å². The Balaban J connectivity index is 2.05. The number of hydrogen-bond donors (Lipinski definition) is 1. The molecule has 0 atom stereocenters. The van der Waals surface area contributed by atoms with Gasteiger partial charge < -0.3 is 5.32 Å². The van der Waals surface area contributed by atoms with Crippen LogP contribution >= 0.6 is 23.2 Å². The Kier molecular flexibility index (Phi) is 5.12. The van der Waals surface area contributed by atoms with E-state index in [9.17, 15) is 22.4 Å². The number of carbonyl (C=O) groups excluding carboxylic acids is 1. The summed E-state index contributed by atoms with van der Waals surface area (Å²) in [7, 11) is 0. The van der Waals surface area contributed by atoms with Gasteiger partial charge in [0.1, 0.15) is 12.1 Å². The molecule has 27 heavy (non-hydrogen) atoms. The summed E-state index contributed by atoms with van der Waals surface area (Å²) in [6.07, 6.45) is -4.05. The molecule has 0 spiro atoms. The average molecular weight is 418 g/mol. The zero-order valence-electron chi connectivity index (χ0n) is 13.2. The molecule has 1 N–H and O–H groups in total. The van der Waals surface area contributed by atoms with Crippen LogP contribution in [0.1, 0.15) is 16.2 Å². The molecule has 1 heterocycles. The van der Waals surface area contributed by atoms with Gasteiger partial charge in [0.25, 0.3) is 5.91 Å². The molecule has 3 aromatic rings. The number of halogens is 6. The van der Waals surface area contributed by atoms with Crippen molar-refractivity contribution in [2.45, 2.75) is 6.18 Å². The van der Waals surface area contributed by atoms with Crippen molar-refractivity contribution in [3.05, 3.63) is 76.0 Å². The molecule has 0 saturated heterocycles. The highest BCUT2D eigenvalue weighted by atomic mass is 35.5. The molecule has 0 radical (unpaired) electrons. The van der Waals surface area contributed by atoms with Gasteiger partial charge in [-0.3, -0.25) is 9.36 Å². The molecular formula is C17H9Cl2F4N3O. The van der Waals surface area contributed by atoms with Gasteiger partial charge in [-0.25, -0.2) is 9.37 Å². The number of anilines is 1. The molecule has 0 unspecified atom stereocenters. The molecule has 0 aliphatic rings. The Hall–Kier alpha value is -2.58. The molecule has 3 rings (SSSR count). The highest BCUT2D eigenvalue weighted by Crippen LogP contribution is 2.36. The molecule has 10 heteroatoms. The van der Waals surface area contributed by atoms with Crippen LogP contribution in [0.4, 0.5) is 23.2 Å². The van der Waals surface area contributed by atoms with Gasteiger partial charge in [-0.15, -0.1) is 0 Å². The molecule has 0 fully saturated rings. The Bertz CT molecular complexity index is 1000. The van der Waals surface area contributed by atoms with Crippen LogP contribution in [0, 0.1) is 5.82 Å². The SMILES string of the molecule is O=C(Nc1ccc(F)cc1)c1ncn(-c2ccc(Cl)cc2Cl)c1C(F)(F)F. The van der Waals surface area contributed by atoms with Gasteiger partial charge in [0.15, 0.2) is 11.4 Å². The average Bonchev–Trinajstić information content (AvgIpc) is 3.02. The number of hydrogen-bond acceptors (Lipinski definition) is 2. The highest BCUT2D eigenvalue weighted by molar-refractivity contribution is 6.35. The lowest BCUT2D eigenvalue weighted by atomic mass is 10.2. The summed E-state index contributed by atoms with van der Waals surface area (Å²) in [4.78, 5) is 15.9. The van der Waals surface area contributed by atoms with Crippen LogP contribution in [0.5, 0.6) is 0 Å². The molecule has 1 amide bonds. The number of alkyl halides is 3. The third-order valence-electron chi connectivity index (χ3n) is 3.52. The van der Waals surface area contributed by atoms with E-state index in [2.05, 4.69) is 10.3 Å². The third-order valence-corrected chi connectivity index (χ3v) is 4.06. The summed E-state index contributed by atoms with van der Waals surface area (Å²) < 4.78 is 54.5. The van der Waals surface area contributed by atoms with Gasteiger partial charge in [0.2, 0.25) is 0 Å². The van der Waals surface area contributed by atoms with Gasteiger partial charge >= 0.3 is 6.18 Å². The van der Waals surface area contributed by atoms with Crippen LogP contribution < -0.4 is 5.32 Å². The summed E-state index contributed by atoms with van der Waals surface area (Å²) in [5.41, 5.74) is -2.07. The van der Waals surface area contributed by atoms with Crippen molar-refractivity contribution in [2.75, 3.05) is 5.32 Å². The van der Waals surface area contributed by atoms with Crippen molar-refractivity contribution >= 4 is 34.8 Å². The fourth-order valence-electron chi connectivity index (χ4n) is 2.37. The van der Waals surface area contributed by atoms with E-state index in [-0.39, 0.29) is 21.4 Å². The summed E-state index contributed by atoms with van der Waals surface area (Å²) in [5, 5.41) is 2.45. The van der Waals surface area contributed by atoms with Gasteiger partial charge in [0.05, 0.1) is 10.7 Å². The maximum Gasteiger partial charge on any atom is 0.434 e. The number of amides is 1. The minimum atomic E-state index is -4.89. The molecule has 0 aliphatic carbocycles. The second-order valence-corrected chi connectivity index (χ2v) is 6.21. The predicted octanol–water partition coefficient (Wildman–Crippen LogP) is 5.59. The van der Waals surface area contributed by atoms with Gasteiger partial charge in [0, 0.05) is 10.7 Å². The normalized spacial score (nSPS) is 11.5. The van der Waals surface area contributed by atoms with Crippen molar-refractivity contribution in [2.24, 2.45) is 0 Å². The van der Waals surface area contributed by atoms with E-state index in [0.717, 1.165) is 18.5 Å². The van der Waals surface area contributed by atoms with E-state index in [4.69, 9.17) is 23.2 Å². The first-order valence-electron chi connectivity index (χ1n) is 7.33. The topological polar surface area (TPSA) is 46.9 Å². The van der Waals surface area contributed by atoms with Crippen molar-refractivity contribution in [3.8, 4) is 5.69 Å². The van der Waals surface area contributed by atoms with Crippen molar-refractivity contribution in [3.63, 3.8) is 0 Å². The Labute approximate surface area is 160 Å². The molecule has 140 valence electrons. The second-order valence-electron chi connectivity index (χ2n) is 5.37. The Morgan fingerprint density at radius 3 is 2.33 bits per heavy atom. The maximum absolute atomic E-state index is 13.6. The third kappa shape index (κ3) is 4.06. The number of rotatable bonds is 3. The number of aromatic nitrogens is 2. The van der Waals surface area contributed by atoms with Gasteiger partial charge in [-0.05, 0) is 42.5 Å². The lowest BCUT2D eigenvalue weighted by molar-refractivity contribution is -0.142. The molecule has 0 saturated carbocycles. The van der Waals surface area contributed by atoms with Crippen molar-refractivity contribution in [1.82, 2.24) is 9.55 Å². The molecule has 0 bridgehead atoms. The van der Waals surface area contributed by atoms with Crippen LogP contribution in [-0.2, 0) is 6.18 Å². The van der Waals surface area contributed by atoms with Crippen LogP contribution in [0.15, 0.2) is 48.8 Å². The Morgan fingerprint density at radius 1 is 1.07 bits per heavy atom. The molecule has 4 nitrogen and oxygen atoms in total. The van der Waals surface area contributed by atoms with Crippen LogP contribution in [0.3, 0.4) is 0 Å². The number of imidazole rings is 1. The lowest BCUT2D eigenvalue weighted by Crippen LogP contribution is -2.21. The largest absolute Gasteiger partial charge is 0.434 e. The van der Waals surface area contributed by atoms with E-state index >= 15 is 0 Å². The zero-order valence-corrected chi connectivity index (χ0v) is 14.7. The van der Waals surface area contributed by atoms with E-state index in [1.54, 1.807) is 0 Å². The summed E-state index contributed by atoms with van der Waals surface area (Å²) >= 11 is 11.8. The number of benzene rings is 2. The second kappa shape index (κ2) is 7.21. The first kappa shape index (κ1) is 19.2. The van der Waals surface area contributed by atoms with Gasteiger partial charge in [-0.1, -0.05) is 23.2 Å². The van der Waals surface area contributed by atoms with E-state index in [1.165, 1.54) is 30.3 Å². The maximum atomic E-state index is 13.6. The summed E-state index contributed by atoms with van der Waals surface area (Å²) in [5.74, 6) is -1.65. The first-order valence-corrected chi connectivity index (χ1v) is 8.09. The number of nitrogens with one attached hydrogen (secondary N) is 1. The monoisotopic (exact) mass is 417 g/mol. The van der Waals surface area contributed by atoms with Crippen molar-refractivity contribution < 1.29 is 22.4 Å². The fraction of sp³-hybridized carbons (Fsp3) is 0.0588. The molecule has 1 aromatic heterocycles. The van der Waals surface area contributed by atoms with Crippen LogP contribution in [-0.4, -0.2) is 15.5 Å². The fourth-order valence-corrected chi connectivity index (χ4v) is 2.87. The summed E-state index contributed by atoms with van der Waals surface area (Å²) in [6.45, 7) is 0. The van der Waals surface area contributed by atoms with E-state index in [0.29, 0.717) is 4.57 Å². The smallest absolute Gasteiger partial charge is 0.321 e. The first-order chi connectivity index (χ1) is 12.7. The quantitative estimate of drug-likeness (QED) is 0.564. The molecular weight excluding hydrogens is 409 g/mol. The van der Waals surface area contributed by atoms with Gasteiger partial charge in [-0.2, -0.15) is 13.2 Å².